The lowest BCUT2D eigenvalue weighted by molar-refractivity contribution is 0.392. The van der Waals surface area contributed by atoms with Crippen LogP contribution in [0.3, 0.4) is 0 Å². The van der Waals surface area contributed by atoms with Crippen molar-refractivity contribution >= 4 is 5.82 Å². The first-order chi connectivity index (χ1) is 8.50. The van der Waals surface area contributed by atoms with Crippen molar-refractivity contribution in [2.24, 2.45) is 0 Å². The number of hydrogen-bond donors (Lipinski definition) is 0. The van der Waals surface area contributed by atoms with Crippen molar-refractivity contribution in [3.05, 3.63) is 34.3 Å². The Bertz CT molecular complexity index is 543. The number of nitrogens with zero attached hydrogens (tertiary/aromatic N) is 4. The molecule has 5 nitrogen and oxygen atoms in total. The minimum absolute atomic E-state index is 0.722. The zero-order valence-corrected chi connectivity index (χ0v) is 11.5. The molecule has 2 heterocycles. The van der Waals surface area contributed by atoms with Crippen molar-refractivity contribution in [2.45, 2.75) is 34.2 Å². The molecule has 96 valence electrons. The summed E-state index contributed by atoms with van der Waals surface area (Å²) in [6.45, 7) is 8.70. The van der Waals surface area contributed by atoms with E-state index in [2.05, 4.69) is 27.2 Å². The summed E-state index contributed by atoms with van der Waals surface area (Å²) in [6.07, 6.45) is 1.78. The van der Waals surface area contributed by atoms with Crippen LogP contribution in [0, 0.1) is 27.7 Å². The fourth-order valence-electron chi connectivity index (χ4n) is 1.92. The van der Waals surface area contributed by atoms with Crippen LogP contribution in [0.2, 0.25) is 0 Å². The molecule has 0 aromatic carbocycles. The summed E-state index contributed by atoms with van der Waals surface area (Å²) >= 11 is 0. The third kappa shape index (κ3) is 2.20. The van der Waals surface area contributed by atoms with Gasteiger partial charge >= 0.3 is 0 Å². The van der Waals surface area contributed by atoms with Crippen LogP contribution in [0.15, 0.2) is 10.7 Å². The Labute approximate surface area is 107 Å². The van der Waals surface area contributed by atoms with Crippen LogP contribution in [0.1, 0.15) is 28.1 Å². The van der Waals surface area contributed by atoms with Crippen LogP contribution in [0.4, 0.5) is 5.82 Å². The average molecular weight is 246 g/mol. The van der Waals surface area contributed by atoms with E-state index in [4.69, 9.17) is 4.52 Å². The molecule has 0 saturated carbocycles. The molecule has 0 aliphatic carbocycles. The first kappa shape index (κ1) is 12.5. The molecule has 0 atom stereocenters. The van der Waals surface area contributed by atoms with Crippen LogP contribution < -0.4 is 4.90 Å². The van der Waals surface area contributed by atoms with E-state index in [1.165, 1.54) is 0 Å². The van der Waals surface area contributed by atoms with E-state index < -0.39 is 0 Å². The molecular weight excluding hydrogens is 228 g/mol. The van der Waals surface area contributed by atoms with Gasteiger partial charge in [0.15, 0.2) is 5.82 Å². The summed E-state index contributed by atoms with van der Waals surface area (Å²) in [5.74, 6) is 1.76. The fourth-order valence-corrected chi connectivity index (χ4v) is 1.92. The number of anilines is 1. The summed E-state index contributed by atoms with van der Waals surface area (Å²) in [5.41, 5.74) is 4.34. The molecule has 0 unspecified atom stereocenters. The predicted octanol–water partition coefficient (Wildman–Crippen LogP) is 2.33. The summed E-state index contributed by atoms with van der Waals surface area (Å²) in [5, 5.41) is 12.2. The molecule has 0 aliphatic rings. The molecule has 0 bridgehead atoms. The van der Waals surface area contributed by atoms with Gasteiger partial charge in [0.1, 0.15) is 5.76 Å². The standard InChI is InChI=1S/C13H18N4O/c1-8-6-14-15-13(9(8)2)17(5)7-12-10(3)16-18-11(12)4/h6H,7H2,1-5H3. The molecule has 2 rings (SSSR count). The normalized spacial score (nSPS) is 10.7. The first-order valence-electron chi connectivity index (χ1n) is 5.92. The van der Waals surface area contributed by atoms with Gasteiger partial charge in [-0.05, 0) is 38.8 Å². The molecule has 18 heavy (non-hydrogen) atoms. The summed E-state index contributed by atoms with van der Waals surface area (Å²) < 4.78 is 5.17. The topological polar surface area (TPSA) is 55.1 Å². The Balaban J connectivity index is 2.28. The summed E-state index contributed by atoms with van der Waals surface area (Å²) in [7, 11) is 2.00. The molecule has 0 amide bonds. The Hall–Kier alpha value is -1.91. The van der Waals surface area contributed by atoms with E-state index in [1.54, 1.807) is 6.20 Å². The lowest BCUT2D eigenvalue weighted by Gasteiger charge is -2.19. The highest BCUT2D eigenvalue weighted by atomic mass is 16.5. The quantitative estimate of drug-likeness (QED) is 0.832. The maximum Gasteiger partial charge on any atom is 0.154 e. The third-order valence-electron chi connectivity index (χ3n) is 3.27. The van der Waals surface area contributed by atoms with Crippen molar-refractivity contribution in [3.8, 4) is 0 Å². The molecule has 0 spiro atoms. The minimum atomic E-state index is 0.722. The van der Waals surface area contributed by atoms with Gasteiger partial charge in [-0.1, -0.05) is 5.16 Å². The monoisotopic (exact) mass is 246 g/mol. The zero-order chi connectivity index (χ0) is 13.3. The Kier molecular flexibility index (Phi) is 3.32. The van der Waals surface area contributed by atoms with Crippen molar-refractivity contribution in [2.75, 3.05) is 11.9 Å². The molecule has 5 heteroatoms. The fraction of sp³-hybridized carbons (Fsp3) is 0.462. The van der Waals surface area contributed by atoms with E-state index in [9.17, 15) is 0 Å². The Morgan fingerprint density at radius 1 is 1.22 bits per heavy atom. The number of hydrogen-bond acceptors (Lipinski definition) is 5. The average Bonchev–Trinajstić information content (AvgIpc) is 2.64. The highest BCUT2D eigenvalue weighted by molar-refractivity contribution is 5.48. The van der Waals surface area contributed by atoms with Gasteiger partial charge in [0.25, 0.3) is 0 Å². The van der Waals surface area contributed by atoms with Crippen molar-refractivity contribution < 1.29 is 4.52 Å². The van der Waals surface area contributed by atoms with E-state index >= 15 is 0 Å². The van der Waals surface area contributed by atoms with Crippen LogP contribution in [-0.4, -0.2) is 22.4 Å². The number of rotatable bonds is 3. The second kappa shape index (κ2) is 4.76. The number of aryl methyl sites for hydroxylation is 3. The Morgan fingerprint density at radius 3 is 2.56 bits per heavy atom. The van der Waals surface area contributed by atoms with Gasteiger partial charge in [-0.2, -0.15) is 5.10 Å². The highest BCUT2D eigenvalue weighted by Gasteiger charge is 2.14. The Morgan fingerprint density at radius 2 is 1.94 bits per heavy atom. The van der Waals surface area contributed by atoms with Crippen molar-refractivity contribution in [1.82, 2.24) is 15.4 Å². The van der Waals surface area contributed by atoms with Crippen LogP contribution in [-0.2, 0) is 6.54 Å². The maximum absolute atomic E-state index is 5.17. The van der Waals surface area contributed by atoms with Gasteiger partial charge in [0.05, 0.1) is 11.9 Å². The summed E-state index contributed by atoms with van der Waals surface area (Å²) in [6, 6.07) is 0. The van der Waals surface area contributed by atoms with E-state index in [0.717, 1.165) is 40.5 Å². The van der Waals surface area contributed by atoms with Crippen LogP contribution in [0.5, 0.6) is 0 Å². The molecule has 0 fully saturated rings. The van der Waals surface area contributed by atoms with Gasteiger partial charge in [0.2, 0.25) is 0 Å². The molecule has 0 saturated heterocycles. The molecule has 2 aromatic heterocycles. The molecule has 0 radical (unpaired) electrons. The lowest BCUT2D eigenvalue weighted by Crippen LogP contribution is -2.20. The molecular formula is C13H18N4O. The second-order valence-electron chi connectivity index (χ2n) is 4.63. The van der Waals surface area contributed by atoms with Crippen LogP contribution in [0.25, 0.3) is 0 Å². The highest BCUT2D eigenvalue weighted by Crippen LogP contribution is 2.21. The number of aromatic nitrogens is 3. The molecule has 0 aliphatic heterocycles. The van der Waals surface area contributed by atoms with Gasteiger partial charge in [-0.3, -0.25) is 0 Å². The first-order valence-corrected chi connectivity index (χ1v) is 5.92. The van der Waals surface area contributed by atoms with Gasteiger partial charge < -0.3 is 9.42 Å². The lowest BCUT2D eigenvalue weighted by atomic mass is 10.1. The van der Waals surface area contributed by atoms with Crippen LogP contribution >= 0.6 is 0 Å². The maximum atomic E-state index is 5.17. The predicted molar refractivity (Wildman–Crippen MR) is 69.6 cm³/mol. The molecule has 2 aromatic rings. The van der Waals surface area contributed by atoms with Crippen molar-refractivity contribution in [1.29, 1.82) is 0 Å². The SMILES string of the molecule is Cc1cnnc(N(C)Cc2c(C)noc2C)c1C. The van der Waals surface area contributed by atoms with E-state index in [0.29, 0.717) is 0 Å². The van der Waals surface area contributed by atoms with E-state index in [1.807, 2.05) is 27.8 Å². The summed E-state index contributed by atoms with van der Waals surface area (Å²) in [4.78, 5) is 2.07. The van der Waals surface area contributed by atoms with Gasteiger partial charge in [-0.25, -0.2) is 0 Å². The van der Waals surface area contributed by atoms with Gasteiger partial charge in [0, 0.05) is 19.2 Å². The molecule has 0 N–H and O–H groups in total. The minimum Gasteiger partial charge on any atom is -0.361 e. The second-order valence-corrected chi connectivity index (χ2v) is 4.63. The van der Waals surface area contributed by atoms with Gasteiger partial charge in [-0.15, -0.1) is 5.10 Å². The van der Waals surface area contributed by atoms with Crippen molar-refractivity contribution in [3.63, 3.8) is 0 Å². The smallest absolute Gasteiger partial charge is 0.154 e. The van der Waals surface area contributed by atoms with E-state index in [-0.39, 0.29) is 0 Å². The third-order valence-corrected chi connectivity index (χ3v) is 3.27. The largest absolute Gasteiger partial charge is 0.361 e. The zero-order valence-electron chi connectivity index (χ0n) is 11.5.